The molecule has 116 valence electrons. The number of rotatable bonds is 4. The van der Waals surface area contributed by atoms with Gasteiger partial charge in [0.05, 0.1) is 12.0 Å². The first kappa shape index (κ1) is 14.9. The second-order valence-corrected chi connectivity index (χ2v) is 6.67. The third kappa shape index (κ3) is 1.80. The second-order valence-electron chi connectivity index (χ2n) is 6.29. The maximum Gasteiger partial charge on any atom is 0.339 e. The van der Waals surface area contributed by atoms with Gasteiger partial charge >= 0.3 is 5.97 Å². The average Bonchev–Trinajstić information content (AvgIpc) is 2.65. The lowest BCUT2D eigenvalue weighted by Gasteiger charge is -2.54. The monoisotopic (exact) mass is 313 g/mol. The Labute approximate surface area is 128 Å². The molecule has 21 heavy (non-hydrogen) atoms. The molecule has 0 aromatic heterocycles. The zero-order valence-corrected chi connectivity index (χ0v) is 12.7. The van der Waals surface area contributed by atoms with E-state index in [9.17, 15) is 14.7 Å². The highest BCUT2D eigenvalue weighted by Gasteiger charge is 2.79. The summed E-state index contributed by atoms with van der Waals surface area (Å²) in [6.45, 7) is 1.72. The quantitative estimate of drug-likeness (QED) is 0.463. The Bertz CT molecular complexity index is 508. The summed E-state index contributed by atoms with van der Waals surface area (Å²) in [6, 6.07) is 0. The SMILES string of the molecule is CC12OC(=O)C1([C@@H](O)C1C=CCCC1)NC(=O)C2CCCl. The average molecular weight is 314 g/mol. The molecular formula is C15H20ClNO4. The number of carbonyl (C=O) groups is 2. The molecule has 2 fully saturated rings. The van der Waals surface area contributed by atoms with E-state index in [4.69, 9.17) is 16.3 Å². The van der Waals surface area contributed by atoms with Crippen molar-refractivity contribution in [2.45, 2.75) is 49.9 Å². The van der Waals surface area contributed by atoms with Gasteiger partial charge in [-0.3, -0.25) is 4.79 Å². The maximum atomic E-state index is 12.2. The van der Waals surface area contributed by atoms with Crippen molar-refractivity contribution in [1.82, 2.24) is 5.32 Å². The Morgan fingerprint density at radius 2 is 2.33 bits per heavy atom. The van der Waals surface area contributed by atoms with Crippen LogP contribution in [0.5, 0.6) is 0 Å². The number of alkyl halides is 1. The van der Waals surface area contributed by atoms with E-state index in [1.54, 1.807) is 6.92 Å². The number of halogens is 1. The molecule has 2 heterocycles. The Morgan fingerprint density at radius 3 is 2.90 bits per heavy atom. The molecule has 0 aromatic rings. The molecular weight excluding hydrogens is 294 g/mol. The summed E-state index contributed by atoms with van der Waals surface area (Å²) in [6.07, 6.45) is 6.17. The van der Waals surface area contributed by atoms with Crippen LogP contribution in [0, 0.1) is 11.8 Å². The number of ether oxygens (including phenoxy) is 1. The van der Waals surface area contributed by atoms with Crippen LogP contribution < -0.4 is 5.32 Å². The van der Waals surface area contributed by atoms with Gasteiger partial charge in [0.2, 0.25) is 11.4 Å². The first-order chi connectivity index (χ1) is 9.97. The normalized spacial score (nSPS) is 42.8. The molecule has 0 saturated carbocycles. The van der Waals surface area contributed by atoms with Crippen LogP contribution in [-0.2, 0) is 14.3 Å². The van der Waals surface area contributed by atoms with E-state index in [1.807, 2.05) is 12.2 Å². The molecule has 3 rings (SSSR count). The van der Waals surface area contributed by atoms with Crippen molar-refractivity contribution in [3.63, 3.8) is 0 Å². The molecule has 2 aliphatic heterocycles. The van der Waals surface area contributed by atoms with E-state index in [0.717, 1.165) is 19.3 Å². The van der Waals surface area contributed by atoms with Crippen LogP contribution >= 0.6 is 11.6 Å². The third-order valence-electron chi connectivity index (χ3n) is 5.25. The van der Waals surface area contributed by atoms with Gasteiger partial charge in [-0.25, -0.2) is 4.79 Å². The van der Waals surface area contributed by atoms with Crippen LogP contribution in [0.3, 0.4) is 0 Å². The van der Waals surface area contributed by atoms with E-state index in [2.05, 4.69) is 5.32 Å². The van der Waals surface area contributed by atoms with Gasteiger partial charge in [0.1, 0.15) is 0 Å². The summed E-state index contributed by atoms with van der Waals surface area (Å²) in [4.78, 5) is 24.4. The number of allylic oxidation sites excluding steroid dienone is 1. The van der Waals surface area contributed by atoms with Crippen molar-refractivity contribution in [3.05, 3.63) is 12.2 Å². The van der Waals surface area contributed by atoms with Gasteiger partial charge in [-0.05, 0) is 32.6 Å². The molecule has 2 saturated heterocycles. The molecule has 5 atom stereocenters. The van der Waals surface area contributed by atoms with E-state index in [1.165, 1.54) is 0 Å². The van der Waals surface area contributed by atoms with Gasteiger partial charge in [0, 0.05) is 11.8 Å². The number of esters is 1. The summed E-state index contributed by atoms with van der Waals surface area (Å²) in [7, 11) is 0. The fraction of sp³-hybridized carbons (Fsp3) is 0.733. The van der Waals surface area contributed by atoms with Gasteiger partial charge in [-0.15, -0.1) is 11.6 Å². The molecule has 0 bridgehead atoms. The maximum absolute atomic E-state index is 12.2. The van der Waals surface area contributed by atoms with Crippen LogP contribution in [0.1, 0.15) is 32.6 Å². The van der Waals surface area contributed by atoms with E-state index in [-0.39, 0.29) is 11.8 Å². The van der Waals surface area contributed by atoms with Gasteiger partial charge < -0.3 is 15.2 Å². The lowest BCUT2D eigenvalue weighted by molar-refractivity contribution is -0.238. The molecule has 1 amide bonds. The van der Waals surface area contributed by atoms with Gasteiger partial charge in [-0.2, -0.15) is 0 Å². The topological polar surface area (TPSA) is 75.6 Å². The van der Waals surface area contributed by atoms with Crippen molar-refractivity contribution >= 4 is 23.5 Å². The Kier molecular flexibility index (Phi) is 3.53. The minimum absolute atomic E-state index is 0.138. The highest BCUT2D eigenvalue weighted by Crippen LogP contribution is 2.53. The predicted octanol–water partition coefficient (Wildman–Crippen LogP) is 1.13. The summed E-state index contributed by atoms with van der Waals surface area (Å²) in [5.74, 6) is -1.14. The van der Waals surface area contributed by atoms with E-state index >= 15 is 0 Å². The Balaban J connectivity index is 1.94. The summed E-state index contributed by atoms with van der Waals surface area (Å²) in [5.41, 5.74) is -2.34. The molecule has 1 aliphatic carbocycles. The van der Waals surface area contributed by atoms with Crippen LogP contribution in [0.25, 0.3) is 0 Å². The number of aliphatic hydroxyl groups excluding tert-OH is 1. The standard InChI is InChI=1S/C15H20ClNO4/c1-14-10(7-8-16)12(19)17-15(14,13(20)21-14)11(18)9-5-3-2-4-6-9/h3,5,9-11,18H,2,4,6-8H2,1H3,(H,17,19)/t9?,10?,11-,14?,15?/m0/s1. The van der Waals surface area contributed by atoms with Crippen molar-refractivity contribution < 1.29 is 19.4 Å². The molecule has 2 N–H and O–H groups in total. The highest BCUT2D eigenvalue weighted by atomic mass is 35.5. The van der Waals surface area contributed by atoms with Crippen LogP contribution in [0.4, 0.5) is 0 Å². The zero-order chi connectivity index (χ0) is 15.3. The smallest absolute Gasteiger partial charge is 0.339 e. The highest BCUT2D eigenvalue weighted by molar-refractivity contribution is 6.18. The molecule has 4 unspecified atom stereocenters. The van der Waals surface area contributed by atoms with Crippen molar-refractivity contribution in [3.8, 4) is 0 Å². The zero-order valence-electron chi connectivity index (χ0n) is 12.0. The molecule has 0 aromatic carbocycles. The summed E-state index contributed by atoms with van der Waals surface area (Å²) < 4.78 is 5.34. The molecule has 5 nitrogen and oxygen atoms in total. The second kappa shape index (κ2) is 4.99. The fourth-order valence-corrected chi connectivity index (χ4v) is 4.21. The number of hydrogen-bond acceptors (Lipinski definition) is 4. The molecule has 0 radical (unpaired) electrons. The largest absolute Gasteiger partial charge is 0.453 e. The minimum atomic E-state index is -1.33. The van der Waals surface area contributed by atoms with E-state index in [0.29, 0.717) is 12.3 Å². The number of carbonyl (C=O) groups excluding carboxylic acids is 2. The van der Waals surface area contributed by atoms with Gasteiger partial charge in [-0.1, -0.05) is 12.2 Å². The molecule has 6 heteroatoms. The summed E-state index contributed by atoms with van der Waals surface area (Å²) >= 11 is 5.76. The first-order valence-electron chi connectivity index (χ1n) is 7.43. The number of hydrogen-bond donors (Lipinski definition) is 2. The molecule has 0 spiro atoms. The number of fused-ring (bicyclic) bond motifs is 1. The van der Waals surface area contributed by atoms with Crippen molar-refractivity contribution in [1.29, 1.82) is 0 Å². The Hall–Kier alpha value is -1.07. The minimum Gasteiger partial charge on any atom is -0.453 e. The van der Waals surface area contributed by atoms with Crippen molar-refractivity contribution in [2.24, 2.45) is 11.8 Å². The van der Waals surface area contributed by atoms with Crippen molar-refractivity contribution in [2.75, 3.05) is 5.88 Å². The summed E-state index contributed by atoms with van der Waals surface area (Å²) in [5, 5.41) is 13.5. The lowest BCUT2D eigenvalue weighted by Crippen LogP contribution is -2.80. The van der Waals surface area contributed by atoms with Gasteiger partial charge in [0.25, 0.3) is 0 Å². The van der Waals surface area contributed by atoms with Crippen LogP contribution in [-0.4, -0.2) is 40.1 Å². The molecule has 3 aliphatic rings. The third-order valence-corrected chi connectivity index (χ3v) is 5.47. The van der Waals surface area contributed by atoms with Gasteiger partial charge in [0.15, 0.2) is 5.60 Å². The fourth-order valence-electron chi connectivity index (χ4n) is 3.99. The lowest BCUT2D eigenvalue weighted by atomic mass is 9.64. The Morgan fingerprint density at radius 1 is 1.57 bits per heavy atom. The number of aliphatic hydroxyl groups is 1. The number of nitrogens with one attached hydrogen (secondary N) is 1. The first-order valence-corrected chi connectivity index (χ1v) is 7.97. The van der Waals surface area contributed by atoms with E-state index < -0.39 is 29.1 Å². The van der Waals surface area contributed by atoms with Crippen LogP contribution in [0.15, 0.2) is 12.2 Å². The predicted molar refractivity (Wildman–Crippen MR) is 76.7 cm³/mol. The van der Waals surface area contributed by atoms with Crippen LogP contribution in [0.2, 0.25) is 0 Å². The number of amides is 1.